The third kappa shape index (κ3) is 3.69. The van der Waals surface area contributed by atoms with Gasteiger partial charge in [0.05, 0.1) is 13.2 Å². The third-order valence-corrected chi connectivity index (χ3v) is 4.14. The number of benzene rings is 1. The van der Waals surface area contributed by atoms with Gasteiger partial charge in [-0.2, -0.15) is 0 Å². The second-order valence-corrected chi connectivity index (χ2v) is 5.46. The Morgan fingerprint density at radius 3 is 2.58 bits per heavy atom. The molecule has 1 aromatic carbocycles. The van der Waals surface area contributed by atoms with Crippen molar-refractivity contribution in [1.29, 1.82) is 0 Å². The van der Waals surface area contributed by atoms with Crippen molar-refractivity contribution in [2.75, 3.05) is 7.11 Å². The van der Waals surface area contributed by atoms with E-state index in [4.69, 9.17) is 4.74 Å². The molecule has 2 nitrogen and oxygen atoms in total. The number of ether oxygens (including phenoxy) is 1. The molecule has 1 atom stereocenters. The van der Waals surface area contributed by atoms with Crippen LogP contribution in [0.3, 0.4) is 0 Å². The van der Waals surface area contributed by atoms with E-state index < -0.39 is 6.10 Å². The Hall–Kier alpha value is -1.09. The Labute approximate surface area is 114 Å². The quantitative estimate of drug-likeness (QED) is 0.842. The van der Waals surface area contributed by atoms with Gasteiger partial charge in [-0.1, -0.05) is 37.8 Å². The van der Waals surface area contributed by atoms with Gasteiger partial charge in [0, 0.05) is 6.42 Å². The molecule has 1 fully saturated rings. The molecule has 106 valence electrons. The topological polar surface area (TPSA) is 29.5 Å². The maximum absolute atomic E-state index is 14.0. The van der Waals surface area contributed by atoms with Crippen LogP contribution < -0.4 is 4.74 Å². The van der Waals surface area contributed by atoms with Crippen LogP contribution in [0.25, 0.3) is 0 Å². The molecule has 1 aromatic rings. The van der Waals surface area contributed by atoms with E-state index in [0.717, 1.165) is 12.8 Å². The van der Waals surface area contributed by atoms with Crippen LogP contribution >= 0.6 is 0 Å². The number of methoxy groups -OCH3 is 1. The summed E-state index contributed by atoms with van der Waals surface area (Å²) in [6, 6.07) is 5.12. The molecule has 1 aliphatic carbocycles. The molecule has 0 saturated heterocycles. The SMILES string of the molecule is COc1cccc(CC(O)C2CCCCCC2)c1F. The predicted molar refractivity (Wildman–Crippen MR) is 73.9 cm³/mol. The molecule has 0 heterocycles. The lowest BCUT2D eigenvalue weighted by Gasteiger charge is -2.21. The molecule has 0 bridgehead atoms. The average molecular weight is 266 g/mol. The molecular formula is C16H23FO2. The van der Waals surface area contributed by atoms with Crippen LogP contribution in [0.4, 0.5) is 4.39 Å². The number of aliphatic hydroxyl groups excluding tert-OH is 1. The molecule has 0 aliphatic heterocycles. The van der Waals surface area contributed by atoms with E-state index in [0.29, 0.717) is 17.9 Å². The predicted octanol–water partition coefficient (Wildman–Crippen LogP) is 3.71. The number of hydrogen-bond donors (Lipinski definition) is 1. The van der Waals surface area contributed by atoms with Crippen molar-refractivity contribution >= 4 is 0 Å². The largest absolute Gasteiger partial charge is 0.494 e. The van der Waals surface area contributed by atoms with E-state index in [-0.39, 0.29) is 11.6 Å². The molecule has 0 spiro atoms. The summed E-state index contributed by atoms with van der Waals surface area (Å²) in [5.41, 5.74) is 0.552. The summed E-state index contributed by atoms with van der Waals surface area (Å²) in [6.45, 7) is 0. The van der Waals surface area contributed by atoms with Crippen LogP contribution in [0.5, 0.6) is 5.75 Å². The van der Waals surface area contributed by atoms with E-state index in [1.165, 1.54) is 32.8 Å². The summed E-state index contributed by atoms with van der Waals surface area (Å²) in [4.78, 5) is 0. The second-order valence-electron chi connectivity index (χ2n) is 5.46. The van der Waals surface area contributed by atoms with E-state index in [2.05, 4.69) is 0 Å². The van der Waals surface area contributed by atoms with E-state index in [1.807, 2.05) is 0 Å². The number of rotatable bonds is 4. The maximum atomic E-state index is 14.0. The molecular weight excluding hydrogens is 243 g/mol. The third-order valence-electron chi connectivity index (χ3n) is 4.14. The summed E-state index contributed by atoms with van der Waals surface area (Å²) in [5.74, 6) is 0.233. The van der Waals surface area contributed by atoms with Gasteiger partial charge in [-0.05, 0) is 30.4 Å². The highest BCUT2D eigenvalue weighted by Gasteiger charge is 2.22. The van der Waals surface area contributed by atoms with Gasteiger partial charge in [-0.15, -0.1) is 0 Å². The average Bonchev–Trinajstić information content (AvgIpc) is 2.70. The van der Waals surface area contributed by atoms with Gasteiger partial charge >= 0.3 is 0 Å². The van der Waals surface area contributed by atoms with Crippen molar-refractivity contribution in [2.24, 2.45) is 5.92 Å². The summed E-state index contributed by atoms with van der Waals surface area (Å²) >= 11 is 0. The molecule has 0 radical (unpaired) electrons. The summed E-state index contributed by atoms with van der Waals surface area (Å²) < 4.78 is 19.0. The van der Waals surface area contributed by atoms with E-state index >= 15 is 0 Å². The highest BCUT2D eigenvalue weighted by Crippen LogP contribution is 2.28. The van der Waals surface area contributed by atoms with Crippen molar-refractivity contribution in [1.82, 2.24) is 0 Å². The lowest BCUT2D eigenvalue weighted by molar-refractivity contribution is 0.0976. The number of aliphatic hydroxyl groups is 1. The molecule has 0 aromatic heterocycles. The Morgan fingerprint density at radius 1 is 1.26 bits per heavy atom. The summed E-state index contributed by atoms with van der Waals surface area (Å²) in [7, 11) is 1.46. The Kier molecular flexibility index (Phi) is 5.20. The number of hydrogen-bond acceptors (Lipinski definition) is 2. The molecule has 1 saturated carbocycles. The van der Waals surface area contributed by atoms with Crippen molar-refractivity contribution in [3.05, 3.63) is 29.6 Å². The molecule has 0 amide bonds. The minimum Gasteiger partial charge on any atom is -0.494 e. The molecule has 1 aliphatic rings. The Bertz CT molecular complexity index is 398. The van der Waals surface area contributed by atoms with Crippen LogP contribution in [-0.2, 0) is 6.42 Å². The highest BCUT2D eigenvalue weighted by molar-refractivity contribution is 5.31. The zero-order valence-electron chi connectivity index (χ0n) is 11.6. The first-order valence-corrected chi connectivity index (χ1v) is 7.22. The fourth-order valence-corrected chi connectivity index (χ4v) is 2.96. The first-order valence-electron chi connectivity index (χ1n) is 7.22. The highest BCUT2D eigenvalue weighted by atomic mass is 19.1. The first-order chi connectivity index (χ1) is 9.22. The second kappa shape index (κ2) is 6.90. The standard InChI is InChI=1S/C16H23FO2/c1-19-15-10-6-9-13(16(15)17)11-14(18)12-7-4-2-3-5-8-12/h6,9-10,12,14,18H,2-5,7-8,11H2,1H3. The van der Waals surface area contributed by atoms with E-state index in [9.17, 15) is 9.50 Å². The van der Waals surface area contributed by atoms with E-state index in [1.54, 1.807) is 18.2 Å². The van der Waals surface area contributed by atoms with Crippen molar-refractivity contribution in [3.8, 4) is 5.75 Å². The van der Waals surface area contributed by atoms with Gasteiger partial charge in [0.2, 0.25) is 0 Å². The minimum absolute atomic E-state index is 0.255. The molecule has 2 rings (SSSR count). The first kappa shape index (κ1) is 14.3. The minimum atomic E-state index is -0.445. The van der Waals surface area contributed by atoms with Gasteiger partial charge in [0.25, 0.3) is 0 Å². The summed E-state index contributed by atoms with van der Waals surface area (Å²) in [5, 5.41) is 10.3. The molecule has 3 heteroatoms. The lowest BCUT2D eigenvalue weighted by Crippen LogP contribution is -2.23. The van der Waals surface area contributed by atoms with Crippen molar-refractivity contribution < 1.29 is 14.2 Å². The molecule has 19 heavy (non-hydrogen) atoms. The monoisotopic (exact) mass is 266 g/mol. The summed E-state index contributed by atoms with van der Waals surface area (Å²) in [6.07, 6.45) is 6.95. The zero-order chi connectivity index (χ0) is 13.7. The fraction of sp³-hybridized carbons (Fsp3) is 0.625. The fourth-order valence-electron chi connectivity index (χ4n) is 2.96. The van der Waals surface area contributed by atoms with Gasteiger partial charge in [0.1, 0.15) is 0 Å². The van der Waals surface area contributed by atoms with Crippen LogP contribution in [-0.4, -0.2) is 18.3 Å². The number of halogens is 1. The van der Waals surface area contributed by atoms with Crippen molar-refractivity contribution in [2.45, 2.75) is 51.0 Å². The van der Waals surface area contributed by atoms with Crippen LogP contribution in [0.1, 0.15) is 44.1 Å². The van der Waals surface area contributed by atoms with Crippen LogP contribution in [0.15, 0.2) is 18.2 Å². The van der Waals surface area contributed by atoms with Crippen LogP contribution in [0.2, 0.25) is 0 Å². The Balaban J connectivity index is 2.03. The smallest absolute Gasteiger partial charge is 0.168 e. The lowest BCUT2D eigenvalue weighted by atomic mass is 9.90. The molecule has 1 unspecified atom stereocenters. The van der Waals surface area contributed by atoms with Crippen molar-refractivity contribution in [3.63, 3.8) is 0 Å². The van der Waals surface area contributed by atoms with Gasteiger partial charge in [-0.3, -0.25) is 0 Å². The normalized spacial score (nSPS) is 18.9. The van der Waals surface area contributed by atoms with Gasteiger partial charge in [0.15, 0.2) is 11.6 Å². The Morgan fingerprint density at radius 2 is 1.95 bits per heavy atom. The zero-order valence-corrected chi connectivity index (χ0v) is 11.6. The molecule has 1 N–H and O–H groups in total. The maximum Gasteiger partial charge on any atom is 0.168 e. The van der Waals surface area contributed by atoms with Crippen LogP contribution in [0, 0.1) is 11.7 Å². The van der Waals surface area contributed by atoms with Gasteiger partial charge < -0.3 is 9.84 Å². The van der Waals surface area contributed by atoms with Gasteiger partial charge in [-0.25, -0.2) is 4.39 Å².